The molecule has 1 radical (unpaired) electrons. The van der Waals surface area contributed by atoms with Crippen LogP contribution >= 0.6 is 0 Å². The summed E-state index contributed by atoms with van der Waals surface area (Å²) in [5, 5.41) is 3.95. The van der Waals surface area contributed by atoms with Crippen molar-refractivity contribution in [3.05, 3.63) is 12.3 Å². The van der Waals surface area contributed by atoms with E-state index < -0.39 is 0 Å². The lowest BCUT2D eigenvalue weighted by Crippen LogP contribution is -2.04. The summed E-state index contributed by atoms with van der Waals surface area (Å²) >= 11 is 0. The fraction of sp³-hybridized carbons (Fsp3) is 0.571. The zero-order valence-electron chi connectivity index (χ0n) is 6.46. The summed E-state index contributed by atoms with van der Waals surface area (Å²) in [5.74, 6) is 0.759. The number of hydrogen-bond donors (Lipinski definition) is 0. The maximum atomic E-state index is 5.02. The van der Waals surface area contributed by atoms with Crippen molar-refractivity contribution in [2.75, 3.05) is 7.11 Å². The van der Waals surface area contributed by atoms with Gasteiger partial charge in [0.15, 0.2) is 0 Å². The van der Waals surface area contributed by atoms with Crippen molar-refractivity contribution < 1.29 is 4.74 Å². The number of rotatable bonds is 2. The van der Waals surface area contributed by atoms with Crippen LogP contribution in [0, 0.1) is 6.20 Å². The van der Waals surface area contributed by atoms with E-state index in [0.717, 1.165) is 5.88 Å². The first-order valence-corrected chi connectivity index (χ1v) is 3.25. The Labute approximate surface area is 60.6 Å². The molecule has 0 unspecified atom stereocenters. The summed E-state index contributed by atoms with van der Waals surface area (Å²) < 4.78 is 6.79. The first-order chi connectivity index (χ1) is 4.75. The molecule has 3 nitrogen and oxygen atoms in total. The van der Waals surface area contributed by atoms with Gasteiger partial charge in [-0.05, 0) is 13.8 Å². The Kier molecular flexibility index (Phi) is 1.94. The summed E-state index contributed by atoms with van der Waals surface area (Å²) in [7, 11) is 1.63. The number of nitrogens with zero attached hydrogens (tertiary/aromatic N) is 2. The van der Waals surface area contributed by atoms with Gasteiger partial charge >= 0.3 is 0 Å². The van der Waals surface area contributed by atoms with Crippen LogP contribution in [-0.2, 0) is 0 Å². The molecule has 1 aromatic heterocycles. The smallest absolute Gasteiger partial charge is 0.212 e. The molecule has 10 heavy (non-hydrogen) atoms. The van der Waals surface area contributed by atoms with Crippen LogP contribution in [0.3, 0.4) is 0 Å². The highest BCUT2D eigenvalue weighted by Crippen LogP contribution is 2.13. The summed E-state index contributed by atoms with van der Waals surface area (Å²) in [6, 6.07) is 2.06. The first kappa shape index (κ1) is 7.12. The Balaban J connectivity index is 2.90. The Morgan fingerprint density at radius 1 is 1.70 bits per heavy atom. The zero-order chi connectivity index (χ0) is 7.56. The van der Waals surface area contributed by atoms with E-state index in [1.807, 2.05) is 13.8 Å². The van der Waals surface area contributed by atoms with Crippen LogP contribution in [0.4, 0.5) is 0 Å². The van der Waals surface area contributed by atoms with Gasteiger partial charge in [-0.1, -0.05) is 0 Å². The highest BCUT2D eigenvalue weighted by Gasteiger charge is 2.03. The molecule has 0 aromatic carbocycles. The molecule has 0 saturated heterocycles. The topological polar surface area (TPSA) is 27.1 Å². The van der Waals surface area contributed by atoms with Gasteiger partial charge in [0.05, 0.1) is 13.2 Å². The molecule has 1 heterocycles. The highest BCUT2D eigenvalue weighted by atomic mass is 16.5. The minimum atomic E-state index is 0.334. The Morgan fingerprint density at radius 2 is 2.40 bits per heavy atom. The van der Waals surface area contributed by atoms with Gasteiger partial charge in [0.25, 0.3) is 0 Å². The highest BCUT2D eigenvalue weighted by molar-refractivity contribution is 5.06. The summed E-state index contributed by atoms with van der Waals surface area (Å²) in [5.41, 5.74) is 0. The van der Waals surface area contributed by atoms with Crippen molar-refractivity contribution in [2.45, 2.75) is 19.9 Å². The molecular formula is C7H11N2O. The molecule has 0 atom stereocenters. The minimum absolute atomic E-state index is 0.334. The van der Waals surface area contributed by atoms with Crippen LogP contribution < -0.4 is 4.74 Å². The van der Waals surface area contributed by atoms with Crippen molar-refractivity contribution in [1.29, 1.82) is 0 Å². The van der Waals surface area contributed by atoms with Crippen LogP contribution in [0.5, 0.6) is 5.88 Å². The molecule has 0 aliphatic heterocycles. The third kappa shape index (κ3) is 1.12. The predicted octanol–water partition coefficient (Wildman–Crippen LogP) is 1.27. The second-order valence-electron chi connectivity index (χ2n) is 2.35. The monoisotopic (exact) mass is 139 g/mol. The standard InChI is InChI=1S/C7H11N2O/c1-6(2)9-7(10-3)4-5-8-9/h4,6H,1-3H3. The van der Waals surface area contributed by atoms with Crippen molar-refractivity contribution in [3.8, 4) is 5.88 Å². The fourth-order valence-electron chi connectivity index (χ4n) is 0.784. The number of methoxy groups -OCH3 is 1. The van der Waals surface area contributed by atoms with E-state index in [1.54, 1.807) is 17.9 Å². The molecule has 0 amide bonds. The molecule has 1 aromatic rings. The van der Waals surface area contributed by atoms with Gasteiger partial charge in [-0.25, -0.2) is 4.68 Å². The normalized spacial score (nSPS) is 10.4. The van der Waals surface area contributed by atoms with E-state index in [2.05, 4.69) is 11.3 Å². The molecule has 1 rings (SSSR count). The Hall–Kier alpha value is -0.990. The van der Waals surface area contributed by atoms with Gasteiger partial charge in [-0.3, -0.25) is 0 Å². The van der Waals surface area contributed by atoms with Crippen molar-refractivity contribution in [3.63, 3.8) is 0 Å². The van der Waals surface area contributed by atoms with Crippen molar-refractivity contribution >= 4 is 0 Å². The van der Waals surface area contributed by atoms with Gasteiger partial charge in [0, 0.05) is 6.07 Å². The van der Waals surface area contributed by atoms with Gasteiger partial charge < -0.3 is 4.74 Å². The van der Waals surface area contributed by atoms with E-state index in [0.29, 0.717) is 6.04 Å². The van der Waals surface area contributed by atoms with Crippen molar-refractivity contribution in [2.24, 2.45) is 0 Å². The third-order valence-corrected chi connectivity index (χ3v) is 1.28. The largest absolute Gasteiger partial charge is 0.481 e. The Morgan fingerprint density at radius 3 is 2.80 bits per heavy atom. The maximum absolute atomic E-state index is 5.02. The minimum Gasteiger partial charge on any atom is -0.481 e. The molecule has 0 fully saturated rings. The van der Waals surface area contributed by atoms with E-state index in [4.69, 9.17) is 4.74 Å². The lowest BCUT2D eigenvalue weighted by molar-refractivity contribution is 0.345. The Bertz CT molecular complexity index is 205. The average Bonchev–Trinajstić information content (AvgIpc) is 2.33. The lowest BCUT2D eigenvalue weighted by atomic mass is 10.4. The number of ether oxygens (including phenoxy) is 1. The molecule has 0 spiro atoms. The van der Waals surface area contributed by atoms with Gasteiger partial charge in [-0.15, -0.1) is 0 Å². The van der Waals surface area contributed by atoms with Crippen LogP contribution in [0.25, 0.3) is 0 Å². The number of hydrogen-bond acceptors (Lipinski definition) is 2. The molecular weight excluding hydrogens is 128 g/mol. The summed E-state index contributed by atoms with van der Waals surface area (Å²) in [4.78, 5) is 0. The zero-order valence-corrected chi connectivity index (χ0v) is 6.46. The molecule has 0 aliphatic carbocycles. The van der Waals surface area contributed by atoms with Gasteiger partial charge in [-0.2, -0.15) is 5.10 Å². The van der Waals surface area contributed by atoms with E-state index in [1.165, 1.54) is 0 Å². The third-order valence-electron chi connectivity index (χ3n) is 1.28. The summed E-state index contributed by atoms with van der Waals surface area (Å²) in [6.45, 7) is 4.09. The SMILES string of the molecule is COc1c[c]nn1C(C)C. The quantitative estimate of drug-likeness (QED) is 0.617. The van der Waals surface area contributed by atoms with E-state index >= 15 is 0 Å². The van der Waals surface area contributed by atoms with Crippen LogP contribution in [-0.4, -0.2) is 16.9 Å². The lowest BCUT2D eigenvalue weighted by Gasteiger charge is -2.08. The second kappa shape index (κ2) is 2.73. The second-order valence-corrected chi connectivity index (χ2v) is 2.35. The molecule has 0 N–H and O–H groups in total. The van der Waals surface area contributed by atoms with Crippen LogP contribution in [0.2, 0.25) is 0 Å². The van der Waals surface area contributed by atoms with E-state index in [-0.39, 0.29) is 0 Å². The van der Waals surface area contributed by atoms with Crippen molar-refractivity contribution in [1.82, 2.24) is 9.78 Å². The van der Waals surface area contributed by atoms with Crippen LogP contribution in [0.15, 0.2) is 6.07 Å². The molecule has 0 aliphatic rings. The van der Waals surface area contributed by atoms with Gasteiger partial charge in [0.2, 0.25) is 5.88 Å². The molecule has 55 valence electrons. The fourth-order valence-corrected chi connectivity index (χ4v) is 0.784. The van der Waals surface area contributed by atoms with E-state index in [9.17, 15) is 0 Å². The molecule has 0 saturated carbocycles. The maximum Gasteiger partial charge on any atom is 0.212 e. The van der Waals surface area contributed by atoms with Crippen LogP contribution in [0.1, 0.15) is 19.9 Å². The number of aromatic nitrogens is 2. The first-order valence-electron chi connectivity index (χ1n) is 3.25. The van der Waals surface area contributed by atoms with Gasteiger partial charge in [0.1, 0.15) is 6.20 Å². The predicted molar refractivity (Wildman–Crippen MR) is 38.0 cm³/mol. The summed E-state index contributed by atoms with van der Waals surface area (Å²) in [6.07, 6.45) is 2.72. The molecule has 0 bridgehead atoms. The molecule has 3 heteroatoms. The average molecular weight is 139 g/mol.